The average molecular weight is 363 g/mol. The third kappa shape index (κ3) is 5.07. The minimum absolute atomic E-state index is 0.554. The SMILES string of the molecule is COc1cccc(CNC(=S)c2ccc(OCc3ccccc3)cc2)c1. The molecule has 0 aliphatic rings. The molecule has 0 radical (unpaired) electrons. The Bertz CT molecular complexity index is 848. The largest absolute Gasteiger partial charge is 0.497 e. The molecule has 3 rings (SSSR count). The van der Waals surface area contributed by atoms with Crippen molar-refractivity contribution in [2.24, 2.45) is 0 Å². The van der Waals surface area contributed by atoms with Crippen LogP contribution in [0.15, 0.2) is 78.9 Å². The van der Waals surface area contributed by atoms with Crippen molar-refractivity contribution in [2.75, 3.05) is 7.11 Å². The molecule has 0 atom stereocenters. The lowest BCUT2D eigenvalue weighted by Gasteiger charge is -2.11. The lowest BCUT2D eigenvalue weighted by molar-refractivity contribution is 0.306. The number of hydrogen-bond acceptors (Lipinski definition) is 3. The van der Waals surface area contributed by atoms with Crippen molar-refractivity contribution in [3.8, 4) is 11.5 Å². The van der Waals surface area contributed by atoms with Crippen LogP contribution in [0.5, 0.6) is 11.5 Å². The number of benzene rings is 3. The summed E-state index contributed by atoms with van der Waals surface area (Å²) >= 11 is 5.48. The van der Waals surface area contributed by atoms with Gasteiger partial charge >= 0.3 is 0 Å². The first-order valence-corrected chi connectivity index (χ1v) is 8.83. The van der Waals surface area contributed by atoms with Gasteiger partial charge in [-0.25, -0.2) is 0 Å². The van der Waals surface area contributed by atoms with E-state index >= 15 is 0 Å². The average Bonchev–Trinajstić information content (AvgIpc) is 2.72. The predicted molar refractivity (Wildman–Crippen MR) is 109 cm³/mol. The summed E-state index contributed by atoms with van der Waals surface area (Å²) in [7, 11) is 1.67. The van der Waals surface area contributed by atoms with Crippen LogP contribution in [-0.2, 0) is 13.2 Å². The topological polar surface area (TPSA) is 30.5 Å². The van der Waals surface area contributed by atoms with Crippen LogP contribution in [0.3, 0.4) is 0 Å². The maximum atomic E-state index is 5.80. The number of ether oxygens (including phenoxy) is 2. The molecule has 4 heteroatoms. The van der Waals surface area contributed by atoms with Gasteiger partial charge in [0.15, 0.2) is 0 Å². The van der Waals surface area contributed by atoms with Crippen LogP contribution in [0.1, 0.15) is 16.7 Å². The first-order chi connectivity index (χ1) is 12.7. The standard InChI is InChI=1S/C22H21NO2S/c1-24-21-9-5-8-18(14-21)15-23-22(26)19-10-12-20(13-11-19)25-16-17-6-3-2-4-7-17/h2-14H,15-16H2,1H3,(H,23,26). The molecule has 0 aliphatic carbocycles. The van der Waals surface area contributed by atoms with Crippen molar-refractivity contribution >= 4 is 17.2 Å². The van der Waals surface area contributed by atoms with Crippen LogP contribution in [0.4, 0.5) is 0 Å². The summed E-state index contributed by atoms with van der Waals surface area (Å²) in [5, 5.41) is 3.28. The van der Waals surface area contributed by atoms with Gasteiger partial charge in [0.1, 0.15) is 23.1 Å². The summed E-state index contributed by atoms with van der Waals surface area (Å²) in [4.78, 5) is 0.711. The molecule has 132 valence electrons. The molecule has 0 amide bonds. The van der Waals surface area contributed by atoms with Crippen molar-refractivity contribution in [3.63, 3.8) is 0 Å². The fourth-order valence-electron chi connectivity index (χ4n) is 2.51. The van der Waals surface area contributed by atoms with Crippen LogP contribution < -0.4 is 14.8 Å². The zero-order valence-corrected chi connectivity index (χ0v) is 15.5. The summed E-state index contributed by atoms with van der Waals surface area (Å²) in [6.45, 7) is 1.21. The number of nitrogens with one attached hydrogen (secondary N) is 1. The van der Waals surface area contributed by atoms with Crippen molar-refractivity contribution < 1.29 is 9.47 Å². The molecule has 0 spiro atoms. The van der Waals surface area contributed by atoms with Gasteiger partial charge in [-0.05, 0) is 47.5 Å². The summed E-state index contributed by atoms with van der Waals surface area (Å²) in [5.74, 6) is 1.67. The van der Waals surface area contributed by atoms with Gasteiger partial charge in [0.25, 0.3) is 0 Å². The quantitative estimate of drug-likeness (QED) is 0.614. The predicted octanol–water partition coefficient (Wildman–Crippen LogP) is 4.74. The molecule has 0 heterocycles. The fraction of sp³-hybridized carbons (Fsp3) is 0.136. The van der Waals surface area contributed by atoms with Crippen molar-refractivity contribution in [3.05, 3.63) is 95.6 Å². The molecule has 0 saturated heterocycles. The summed E-state index contributed by atoms with van der Waals surface area (Å²) in [5.41, 5.74) is 3.23. The normalized spacial score (nSPS) is 10.2. The molecule has 0 aliphatic heterocycles. The van der Waals surface area contributed by atoms with E-state index in [9.17, 15) is 0 Å². The van der Waals surface area contributed by atoms with Gasteiger partial charge in [-0.2, -0.15) is 0 Å². The van der Waals surface area contributed by atoms with Crippen LogP contribution in [0.25, 0.3) is 0 Å². The second-order valence-corrected chi connectivity index (χ2v) is 6.24. The van der Waals surface area contributed by atoms with Crippen molar-refractivity contribution in [1.29, 1.82) is 0 Å². The third-order valence-electron chi connectivity index (χ3n) is 3.95. The lowest BCUT2D eigenvalue weighted by atomic mass is 10.2. The van der Waals surface area contributed by atoms with Crippen LogP contribution in [0, 0.1) is 0 Å². The fourth-order valence-corrected chi connectivity index (χ4v) is 2.72. The minimum atomic E-state index is 0.554. The number of methoxy groups -OCH3 is 1. The molecule has 0 saturated carbocycles. The monoisotopic (exact) mass is 363 g/mol. The molecule has 0 bridgehead atoms. The maximum absolute atomic E-state index is 5.80. The Balaban J connectivity index is 1.53. The second kappa shape index (κ2) is 9.02. The van der Waals surface area contributed by atoms with E-state index < -0.39 is 0 Å². The number of thiocarbonyl (C=S) groups is 1. The highest BCUT2D eigenvalue weighted by atomic mass is 32.1. The number of hydrogen-bond donors (Lipinski definition) is 1. The van der Waals surface area contributed by atoms with E-state index in [4.69, 9.17) is 21.7 Å². The van der Waals surface area contributed by atoms with E-state index in [0.29, 0.717) is 18.1 Å². The molecule has 0 fully saturated rings. The highest BCUT2D eigenvalue weighted by Crippen LogP contribution is 2.15. The van der Waals surface area contributed by atoms with E-state index in [-0.39, 0.29) is 0 Å². The Hall–Kier alpha value is -2.85. The Morgan fingerprint density at radius 2 is 1.58 bits per heavy atom. The Morgan fingerprint density at radius 3 is 2.31 bits per heavy atom. The van der Waals surface area contributed by atoms with E-state index in [1.807, 2.05) is 78.9 Å². The van der Waals surface area contributed by atoms with E-state index in [2.05, 4.69) is 5.32 Å². The van der Waals surface area contributed by atoms with Crippen LogP contribution >= 0.6 is 12.2 Å². The van der Waals surface area contributed by atoms with Crippen LogP contribution in [0.2, 0.25) is 0 Å². The number of rotatable bonds is 7. The Labute approximate surface area is 159 Å². The molecule has 3 nitrogen and oxygen atoms in total. The van der Waals surface area contributed by atoms with Gasteiger partial charge in [0, 0.05) is 12.1 Å². The van der Waals surface area contributed by atoms with Gasteiger partial charge in [0.2, 0.25) is 0 Å². The third-order valence-corrected chi connectivity index (χ3v) is 4.33. The van der Waals surface area contributed by atoms with E-state index in [1.165, 1.54) is 0 Å². The highest BCUT2D eigenvalue weighted by molar-refractivity contribution is 7.80. The molecular weight excluding hydrogens is 342 g/mol. The van der Waals surface area contributed by atoms with Gasteiger partial charge in [-0.15, -0.1) is 0 Å². The zero-order valence-electron chi connectivity index (χ0n) is 14.6. The Morgan fingerprint density at radius 1 is 0.846 bits per heavy atom. The van der Waals surface area contributed by atoms with Crippen molar-refractivity contribution in [2.45, 2.75) is 13.2 Å². The molecular formula is C22H21NO2S. The van der Waals surface area contributed by atoms with Crippen LogP contribution in [-0.4, -0.2) is 12.1 Å². The molecule has 0 aromatic heterocycles. The van der Waals surface area contributed by atoms with Gasteiger partial charge in [-0.3, -0.25) is 0 Å². The summed E-state index contributed by atoms with van der Waals surface area (Å²) in [6, 6.07) is 25.9. The van der Waals surface area contributed by atoms with Gasteiger partial charge < -0.3 is 14.8 Å². The summed E-state index contributed by atoms with van der Waals surface area (Å²) in [6.07, 6.45) is 0. The lowest BCUT2D eigenvalue weighted by Crippen LogP contribution is -2.21. The second-order valence-electron chi connectivity index (χ2n) is 5.83. The highest BCUT2D eigenvalue weighted by Gasteiger charge is 2.03. The van der Waals surface area contributed by atoms with Gasteiger partial charge in [0.05, 0.1) is 7.11 Å². The molecule has 1 N–H and O–H groups in total. The zero-order chi connectivity index (χ0) is 18.2. The molecule has 3 aromatic carbocycles. The Kier molecular flexibility index (Phi) is 6.23. The van der Waals surface area contributed by atoms with Gasteiger partial charge in [-0.1, -0.05) is 54.7 Å². The van der Waals surface area contributed by atoms with Crippen molar-refractivity contribution in [1.82, 2.24) is 5.32 Å². The summed E-state index contributed by atoms with van der Waals surface area (Å²) < 4.78 is 11.0. The molecule has 26 heavy (non-hydrogen) atoms. The maximum Gasteiger partial charge on any atom is 0.119 e. The van der Waals surface area contributed by atoms with E-state index in [0.717, 1.165) is 28.2 Å². The molecule has 3 aromatic rings. The smallest absolute Gasteiger partial charge is 0.119 e. The van der Waals surface area contributed by atoms with E-state index in [1.54, 1.807) is 7.11 Å². The first kappa shape index (κ1) is 18.0. The first-order valence-electron chi connectivity index (χ1n) is 8.42. The minimum Gasteiger partial charge on any atom is -0.497 e. The molecule has 0 unspecified atom stereocenters.